The number of aryl methyl sites for hydroxylation is 2. The Labute approximate surface area is 331 Å². The number of phenolic OH excluding ortho intramolecular Hbond substituents is 1. The van der Waals surface area contributed by atoms with Crippen LogP contribution in [0.1, 0.15) is 92.5 Å². The molecule has 6 N–H and O–H groups in total. The number of aliphatic hydroxyl groups is 2. The number of benzene rings is 3. The van der Waals surface area contributed by atoms with Crippen LogP contribution in [0, 0.1) is 11.8 Å². The first kappa shape index (κ1) is 38.7. The summed E-state index contributed by atoms with van der Waals surface area (Å²) >= 11 is 0. The Morgan fingerprint density at radius 1 is 1.02 bits per heavy atom. The van der Waals surface area contributed by atoms with Gasteiger partial charge in [-0.05, 0) is 128 Å². The first-order chi connectivity index (χ1) is 27.3. The van der Waals surface area contributed by atoms with Gasteiger partial charge in [-0.15, -0.1) is 0 Å². The molecule has 56 heavy (non-hydrogen) atoms. The molecule has 1 aromatic heterocycles. The summed E-state index contributed by atoms with van der Waals surface area (Å²) in [5.74, 6) is 2.26. The van der Waals surface area contributed by atoms with E-state index in [4.69, 9.17) is 19.9 Å². The van der Waals surface area contributed by atoms with E-state index in [2.05, 4.69) is 71.7 Å². The molecule has 3 aromatic carbocycles. The summed E-state index contributed by atoms with van der Waals surface area (Å²) in [4.78, 5) is 0. The Morgan fingerprint density at radius 3 is 2.79 bits per heavy atom. The Balaban J connectivity index is 1.23. The fourth-order valence-electron chi connectivity index (χ4n) is 9.89. The summed E-state index contributed by atoms with van der Waals surface area (Å²) < 4.78 is 21.6. The number of phenols is 1. The molecule has 4 bridgehead atoms. The zero-order chi connectivity index (χ0) is 38.6. The van der Waals surface area contributed by atoms with Crippen LogP contribution < -0.4 is 15.8 Å². The zero-order valence-electron chi connectivity index (χ0n) is 32.8. The summed E-state index contributed by atoms with van der Waals surface area (Å²) in [7, 11) is 0. The molecule has 4 heterocycles. The maximum absolute atomic E-state index is 11.4. The van der Waals surface area contributed by atoms with Crippen LogP contribution in [-0.4, -0.2) is 64.7 Å². The highest BCUT2D eigenvalue weighted by Crippen LogP contribution is 2.52. The maximum Gasteiger partial charge on any atom is 0.161 e. The van der Waals surface area contributed by atoms with Crippen molar-refractivity contribution in [2.75, 3.05) is 26.4 Å². The number of aromatic nitrogens is 1. The molecular formula is C47H59N3O6. The van der Waals surface area contributed by atoms with Gasteiger partial charge >= 0.3 is 0 Å². The molecule has 9 nitrogen and oxygen atoms in total. The lowest BCUT2D eigenvalue weighted by Crippen LogP contribution is -2.47. The Bertz CT molecular complexity index is 2050. The molecule has 0 radical (unpaired) electrons. The van der Waals surface area contributed by atoms with Gasteiger partial charge in [0.2, 0.25) is 0 Å². The maximum atomic E-state index is 11.4. The van der Waals surface area contributed by atoms with E-state index in [9.17, 15) is 15.3 Å². The van der Waals surface area contributed by atoms with E-state index in [1.54, 1.807) is 6.07 Å². The number of fused-ring (bicyclic) bond motifs is 7. The van der Waals surface area contributed by atoms with Gasteiger partial charge < -0.3 is 45.1 Å². The van der Waals surface area contributed by atoms with Gasteiger partial charge in [0.1, 0.15) is 12.4 Å². The molecule has 4 aliphatic rings. The van der Waals surface area contributed by atoms with Gasteiger partial charge in [0.05, 0.1) is 31.6 Å². The molecule has 8 rings (SSSR count). The number of nitrogens with one attached hydrogen (secondary N) is 1. The number of hydrogen-bond donors (Lipinski definition) is 5. The molecule has 0 spiro atoms. The topological polar surface area (TPSA) is 131 Å². The molecule has 4 aromatic rings. The second-order valence-electron chi connectivity index (χ2n) is 16.6. The van der Waals surface area contributed by atoms with Crippen molar-refractivity contribution in [2.24, 2.45) is 17.6 Å². The first-order valence-electron chi connectivity index (χ1n) is 20.9. The van der Waals surface area contributed by atoms with Gasteiger partial charge in [0.15, 0.2) is 11.5 Å². The van der Waals surface area contributed by atoms with Gasteiger partial charge in [-0.3, -0.25) is 0 Å². The van der Waals surface area contributed by atoms with Crippen LogP contribution in [0.15, 0.2) is 84.7 Å². The van der Waals surface area contributed by atoms with Crippen LogP contribution in [0.4, 0.5) is 0 Å². The minimum absolute atomic E-state index is 0.0973. The molecule has 0 amide bonds. The van der Waals surface area contributed by atoms with Crippen LogP contribution in [0.2, 0.25) is 0 Å². The minimum atomic E-state index is -0.558. The van der Waals surface area contributed by atoms with Crippen molar-refractivity contribution in [3.8, 4) is 11.5 Å². The molecule has 1 saturated heterocycles. The van der Waals surface area contributed by atoms with Crippen LogP contribution in [0.3, 0.4) is 0 Å². The number of ether oxygens (including phenoxy) is 3. The van der Waals surface area contributed by atoms with E-state index in [0.29, 0.717) is 50.1 Å². The van der Waals surface area contributed by atoms with E-state index in [1.165, 1.54) is 16.7 Å². The standard InChI is InChI=1S/C47H59N3O6/c1-2-31(6-5-20-51)10-16-40-25-39(52)15-9-32-11-17-43(53)44(22-32)56-29-36-24-38(47-19-21-54-30-37(47)14-12-33-7-3-4-8-42(33)47)23-35-26-50(27-41(35)36)46-34(28-55-40)13-18-45(48)49-46/h3-4,7-8,11,13,17-18,22-24,26-27,31,37,39-40,45,49,51-53H,2,5-6,9-10,12,14-16,19-21,25,28-30,48H2,1H3. The summed E-state index contributed by atoms with van der Waals surface area (Å²) in [5, 5.41) is 37.5. The summed E-state index contributed by atoms with van der Waals surface area (Å²) in [6, 6.07) is 19.2. The van der Waals surface area contributed by atoms with E-state index in [0.717, 1.165) is 91.3 Å². The third-order valence-corrected chi connectivity index (χ3v) is 13.1. The number of nitrogens with two attached hydrogens (primary N) is 1. The van der Waals surface area contributed by atoms with Crippen LogP contribution in [0.5, 0.6) is 11.5 Å². The van der Waals surface area contributed by atoms with Crippen molar-refractivity contribution in [3.05, 3.63) is 113 Å². The van der Waals surface area contributed by atoms with Gasteiger partial charge in [0.25, 0.3) is 0 Å². The molecule has 6 atom stereocenters. The van der Waals surface area contributed by atoms with Crippen molar-refractivity contribution in [2.45, 2.75) is 108 Å². The van der Waals surface area contributed by atoms with E-state index in [-0.39, 0.29) is 36.6 Å². The minimum Gasteiger partial charge on any atom is -0.504 e. The molecule has 6 unspecified atom stereocenters. The summed E-state index contributed by atoms with van der Waals surface area (Å²) in [6.07, 6.45) is 16.7. The molecule has 298 valence electrons. The fraction of sp³-hybridized carbons (Fsp3) is 0.489. The first-order valence-corrected chi connectivity index (χ1v) is 20.9. The average molecular weight is 762 g/mol. The Morgan fingerprint density at radius 2 is 1.91 bits per heavy atom. The van der Waals surface area contributed by atoms with Gasteiger partial charge in [-0.2, -0.15) is 0 Å². The van der Waals surface area contributed by atoms with Crippen molar-refractivity contribution < 1.29 is 29.5 Å². The SMILES string of the molecule is CCC(CCCO)CCC1CC(O)CCc2ccc(O)c(c2)OCc2cc(C34CCOCC3CCc3ccccc34)cc3cn(cc23)C2=C(C=CC(N)N2)CO1. The molecule has 0 saturated carbocycles. The molecule has 9 heteroatoms. The summed E-state index contributed by atoms with van der Waals surface area (Å²) in [5.41, 5.74) is 13.4. The number of nitrogens with zero attached hydrogens (tertiary/aromatic N) is 1. The fourth-order valence-corrected chi connectivity index (χ4v) is 9.89. The second-order valence-corrected chi connectivity index (χ2v) is 16.6. The number of aromatic hydroxyl groups is 1. The normalized spacial score (nSPS) is 26.0. The molecule has 3 aliphatic heterocycles. The van der Waals surface area contributed by atoms with Gasteiger partial charge in [-0.25, -0.2) is 0 Å². The average Bonchev–Trinajstić information content (AvgIpc) is 3.66. The van der Waals surface area contributed by atoms with Gasteiger partial charge in [-0.1, -0.05) is 55.8 Å². The van der Waals surface area contributed by atoms with Crippen molar-refractivity contribution in [3.63, 3.8) is 0 Å². The third-order valence-electron chi connectivity index (χ3n) is 13.1. The van der Waals surface area contributed by atoms with Crippen LogP contribution >= 0.6 is 0 Å². The van der Waals surface area contributed by atoms with Crippen LogP contribution in [-0.2, 0) is 34.3 Å². The Kier molecular flexibility index (Phi) is 11.9. The Hall–Kier alpha value is -4.12. The number of rotatable bonds is 8. The smallest absolute Gasteiger partial charge is 0.161 e. The largest absolute Gasteiger partial charge is 0.504 e. The summed E-state index contributed by atoms with van der Waals surface area (Å²) in [6.45, 7) is 4.50. The predicted molar refractivity (Wildman–Crippen MR) is 220 cm³/mol. The van der Waals surface area contributed by atoms with E-state index >= 15 is 0 Å². The quantitative estimate of drug-likeness (QED) is 0.125. The highest BCUT2D eigenvalue weighted by molar-refractivity contribution is 5.88. The molecule has 1 aliphatic carbocycles. The monoisotopic (exact) mass is 761 g/mol. The lowest BCUT2D eigenvalue weighted by Gasteiger charge is -2.49. The van der Waals surface area contributed by atoms with Gasteiger partial charge in [0, 0.05) is 47.4 Å². The van der Waals surface area contributed by atoms with E-state index in [1.807, 2.05) is 18.2 Å². The third kappa shape index (κ3) is 8.02. The lowest BCUT2D eigenvalue weighted by atomic mass is 9.57. The molecular weight excluding hydrogens is 703 g/mol. The highest BCUT2D eigenvalue weighted by Gasteiger charge is 2.47. The van der Waals surface area contributed by atoms with Crippen LogP contribution in [0.25, 0.3) is 16.6 Å². The zero-order valence-corrected chi connectivity index (χ0v) is 32.8. The lowest BCUT2D eigenvalue weighted by molar-refractivity contribution is 0.00498. The number of aliphatic hydroxyl groups excluding tert-OH is 2. The predicted octanol–water partition coefficient (Wildman–Crippen LogP) is 7.47. The highest BCUT2D eigenvalue weighted by atomic mass is 16.5. The van der Waals surface area contributed by atoms with Crippen molar-refractivity contribution in [1.82, 2.24) is 9.88 Å². The number of hydrogen-bond acceptors (Lipinski definition) is 8. The van der Waals surface area contributed by atoms with Crippen molar-refractivity contribution in [1.29, 1.82) is 0 Å². The molecule has 1 fully saturated rings. The number of dihydropyridines is 1. The van der Waals surface area contributed by atoms with Crippen molar-refractivity contribution >= 4 is 16.6 Å². The second kappa shape index (κ2) is 17.2. The van der Waals surface area contributed by atoms with E-state index < -0.39 is 6.10 Å².